The Kier molecular flexibility index (Phi) is 8.47. The standard InChI is InChI=1S/C27H38N2O6Si/c1-27(2,3)36(4,5)34-19-21-11-12-23(28-24(21)25-32-15-16-33-25)29(17-20-13-14-31-18-20)26(30)35-22-9-7-6-8-10-22/h6-12,20,25H,13-19H2,1-5H3. The Morgan fingerprint density at radius 3 is 2.44 bits per heavy atom. The minimum absolute atomic E-state index is 0.0856. The lowest BCUT2D eigenvalue weighted by Crippen LogP contribution is -2.40. The van der Waals surface area contributed by atoms with Gasteiger partial charge in [-0.2, -0.15) is 0 Å². The van der Waals surface area contributed by atoms with E-state index in [1.807, 2.05) is 30.3 Å². The van der Waals surface area contributed by atoms with Gasteiger partial charge in [0.15, 0.2) is 8.32 Å². The second-order valence-corrected chi connectivity index (χ2v) is 15.7. The first-order chi connectivity index (χ1) is 17.1. The topological polar surface area (TPSA) is 79.4 Å². The van der Waals surface area contributed by atoms with Crippen LogP contribution in [0.4, 0.5) is 10.6 Å². The Hall–Kier alpha value is -2.30. The highest BCUT2D eigenvalue weighted by Gasteiger charge is 2.38. The number of aromatic nitrogens is 1. The molecule has 1 aromatic heterocycles. The van der Waals surface area contributed by atoms with Crippen molar-refractivity contribution in [1.29, 1.82) is 0 Å². The van der Waals surface area contributed by atoms with Gasteiger partial charge in [0.05, 0.1) is 26.4 Å². The number of hydrogen-bond donors (Lipinski definition) is 0. The second kappa shape index (κ2) is 11.4. The third-order valence-electron chi connectivity index (χ3n) is 7.15. The molecule has 2 fully saturated rings. The van der Waals surface area contributed by atoms with Crippen molar-refractivity contribution in [1.82, 2.24) is 4.98 Å². The van der Waals surface area contributed by atoms with Gasteiger partial charge >= 0.3 is 6.09 Å². The first kappa shape index (κ1) is 26.8. The summed E-state index contributed by atoms with van der Waals surface area (Å²) in [6, 6.07) is 12.9. The normalized spacial score (nSPS) is 19.0. The predicted molar refractivity (Wildman–Crippen MR) is 140 cm³/mol. The third-order valence-corrected chi connectivity index (χ3v) is 11.6. The van der Waals surface area contributed by atoms with Crippen LogP contribution in [0.25, 0.3) is 0 Å². The molecule has 4 rings (SSSR count). The van der Waals surface area contributed by atoms with Crippen LogP contribution in [0, 0.1) is 5.92 Å². The van der Waals surface area contributed by atoms with E-state index in [9.17, 15) is 4.79 Å². The molecule has 2 saturated heterocycles. The molecule has 0 N–H and O–H groups in total. The summed E-state index contributed by atoms with van der Waals surface area (Å²) in [5, 5.41) is 0.0856. The molecule has 9 heteroatoms. The average molecular weight is 515 g/mol. The molecule has 0 radical (unpaired) electrons. The maximum atomic E-state index is 13.3. The Morgan fingerprint density at radius 1 is 1.08 bits per heavy atom. The van der Waals surface area contributed by atoms with Crippen molar-refractivity contribution >= 4 is 20.2 Å². The van der Waals surface area contributed by atoms with Gasteiger partial charge in [0.2, 0.25) is 6.29 Å². The Bertz CT molecular complexity index is 1010. The summed E-state index contributed by atoms with van der Waals surface area (Å²) in [6.07, 6.45) is -0.190. The van der Waals surface area contributed by atoms with Crippen molar-refractivity contribution in [2.24, 2.45) is 5.92 Å². The Labute approximate surface area is 215 Å². The molecule has 0 aliphatic carbocycles. The molecule has 2 aliphatic rings. The molecular weight excluding hydrogens is 476 g/mol. The van der Waals surface area contributed by atoms with E-state index in [1.165, 1.54) is 0 Å². The van der Waals surface area contributed by atoms with Crippen molar-refractivity contribution in [3.63, 3.8) is 0 Å². The number of para-hydroxylation sites is 1. The van der Waals surface area contributed by atoms with Crippen LogP contribution in [-0.2, 0) is 25.2 Å². The fraction of sp³-hybridized carbons (Fsp3) is 0.556. The maximum Gasteiger partial charge on any atom is 0.420 e. The highest BCUT2D eigenvalue weighted by molar-refractivity contribution is 6.74. The van der Waals surface area contributed by atoms with E-state index in [0.29, 0.717) is 56.8 Å². The summed E-state index contributed by atoms with van der Waals surface area (Å²) in [5.74, 6) is 1.18. The first-order valence-electron chi connectivity index (χ1n) is 12.6. The number of ether oxygens (including phenoxy) is 4. The van der Waals surface area contributed by atoms with Crippen molar-refractivity contribution in [2.45, 2.75) is 58.2 Å². The zero-order valence-electron chi connectivity index (χ0n) is 22.0. The molecule has 36 heavy (non-hydrogen) atoms. The number of nitrogens with zero attached hydrogens (tertiary/aromatic N) is 2. The van der Waals surface area contributed by atoms with Crippen molar-refractivity contribution in [3.8, 4) is 5.75 Å². The van der Waals surface area contributed by atoms with Gasteiger partial charge in [-0.15, -0.1) is 0 Å². The van der Waals surface area contributed by atoms with Crippen LogP contribution in [0.15, 0.2) is 42.5 Å². The molecule has 1 amide bonds. The van der Waals surface area contributed by atoms with E-state index in [4.69, 9.17) is 28.4 Å². The quantitative estimate of drug-likeness (QED) is 0.419. The SMILES string of the molecule is CC(C)(C)[Si](C)(C)OCc1ccc(N(CC2CCOC2)C(=O)Oc2ccccc2)nc1C1OCCO1. The molecule has 196 valence electrons. The molecule has 2 aliphatic heterocycles. The number of carbonyl (C=O) groups is 1. The zero-order valence-corrected chi connectivity index (χ0v) is 23.0. The lowest BCUT2D eigenvalue weighted by Gasteiger charge is -2.36. The van der Waals surface area contributed by atoms with Crippen LogP contribution in [0.1, 0.15) is 44.7 Å². The van der Waals surface area contributed by atoms with Gasteiger partial charge < -0.3 is 23.4 Å². The summed E-state index contributed by atoms with van der Waals surface area (Å²) < 4.78 is 29.4. The summed E-state index contributed by atoms with van der Waals surface area (Å²) in [4.78, 5) is 19.8. The molecule has 2 aromatic rings. The number of hydrogen-bond acceptors (Lipinski definition) is 7. The molecule has 8 nitrogen and oxygen atoms in total. The van der Waals surface area contributed by atoms with Crippen LogP contribution in [0.5, 0.6) is 5.75 Å². The molecule has 0 spiro atoms. The lowest BCUT2D eigenvalue weighted by molar-refractivity contribution is -0.0484. The monoisotopic (exact) mass is 514 g/mol. The van der Waals surface area contributed by atoms with Crippen LogP contribution < -0.4 is 9.64 Å². The van der Waals surface area contributed by atoms with E-state index in [0.717, 1.165) is 12.0 Å². The zero-order chi connectivity index (χ0) is 25.8. The lowest BCUT2D eigenvalue weighted by atomic mass is 10.1. The molecule has 0 bridgehead atoms. The minimum Gasteiger partial charge on any atom is -0.412 e. The number of pyridine rings is 1. The van der Waals surface area contributed by atoms with Gasteiger partial charge in [-0.1, -0.05) is 45.0 Å². The van der Waals surface area contributed by atoms with Gasteiger partial charge in [-0.05, 0) is 42.8 Å². The highest BCUT2D eigenvalue weighted by Crippen LogP contribution is 2.38. The van der Waals surface area contributed by atoms with Crippen LogP contribution in [0.3, 0.4) is 0 Å². The number of rotatable bonds is 8. The van der Waals surface area contributed by atoms with Crippen LogP contribution >= 0.6 is 0 Å². The predicted octanol–water partition coefficient (Wildman–Crippen LogP) is 5.69. The number of amides is 1. The van der Waals surface area contributed by atoms with Crippen LogP contribution in [-0.4, -0.2) is 52.4 Å². The van der Waals surface area contributed by atoms with Gasteiger partial charge in [-0.3, -0.25) is 4.90 Å². The van der Waals surface area contributed by atoms with Gasteiger partial charge in [0, 0.05) is 24.6 Å². The largest absolute Gasteiger partial charge is 0.420 e. The van der Waals surface area contributed by atoms with E-state index in [1.54, 1.807) is 17.0 Å². The number of carbonyl (C=O) groups excluding carboxylic acids is 1. The smallest absolute Gasteiger partial charge is 0.412 e. The van der Waals surface area contributed by atoms with Crippen LogP contribution in [0.2, 0.25) is 18.1 Å². The number of anilines is 1. The van der Waals surface area contributed by atoms with Gasteiger partial charge in [0.25, 0.3) is 0 Å². The summed E-state index contributed by atoms with van der Waals surface area (Å²) in [6.45, 7) is 14.3. The second-order valence-electron chi connectivity index (χ2n) is 10.9. The Balaban J connectivity index is 1.62. The molecule has 0 saturated carbocycles. The maximum absolute atomic E-state index is 13.3. The summed E-state index contributed by atoms with van der Waals surface area (Å²) in [5.41, 5.74) is 1.54. The van der Waals surface area contributed by atoms with Gasteiger partial charge in [0.1, 0.15) is 17.3 Å². The average Bonchev–Trinajstić information content (AvgIpc) is 3.56. The van der Waals surface area contributed by atoms with Gasteiger partial charge in [-0.25, -0.2) is 9.78 Å². The van der Waals surface area contributed by atoms with E-state index >= 15 is 0 Å². The highest BCUT2D eigenvalue weighted by atomic mass is 28.4. The van der Waals surface area contributed by atoms with E-state index in [-0.39, 0.29) is 11.0 Å². The molecular formula is C27H38N2O6Si. The third kappa shape index (κ3) is 6.52. The molecule has 3 heterocycles. The fourth-order valence-corrected chi connectivity index (χ4v) is 4.80. The Morgan fingerprint density at radius 2 is 1.81 bits per heavy atom. The molecule has 1 aromatic carbocycles. The summed E-state index contributed by atoms with van der Waals surface area (Å²) >= 11 is 0. The van der Waals surface area contributed by atoms with Crippen molar-refractivity contribution in [3.05, 3.63) is 53.7 Å². The summed E-state index contributed by atoms with van der Waals surface area (Å²) in [7, 11) is -1.98. The van der Waals surface area contributed by atoms with E-state index < -0.39 is 20.7 Å². The molecule has 1 atom stereocenters. The first-order valence-corrected chi connectivity index (χ1v) is 15.5. The van der Waals surface area contributed by atoms with E-state index in [2.05, 4.69) is 33.9 Å². The number of benzene rings is 1. The fourth-order valence-electron chi connectivity index (χ4n) is 3.85. The molecule has 1 unspecified atom stereocenters. The van der Waals surface area contributed by atoms with Crippen molar-refractivity contribution < 1.29 is 28.2 Å². The van der Waals surface area contributed by atoms with Crippen molar-refractivity contribution in [2.75, 3.05) is 37.9 Å². The minimum atomic E-state index is -1.98.